The van der Waals surface area contributed by atoms with Gasteiger partial charge in [0, 0.05) is 31.2 Å². The molecule has 1 aromatic rings. The molecule has 0 bridgehead atoms. The number of benzene rings is 1. The van der Waals surface area contributed by atoms with Crippen LogP contribution >= 0.6 is 11.6 Å². The number of ether oxygens (including phenoxy) is 2. The van der Waals surface area contributed by atoms with Gasteiger partial charge < -0.3 is 24.6 Å². The van der Waals surface area contributed by atoms with Crippen molar-refractivity contribution < 1.29 is 19.1 Å². The van der Waals surface area contributed by atoms with Gasteiger partial charge >= 0.3 is 12.1 Å². The van der Waals surface area contributed by atoms with Crippen molar-refractivity contribution in [3.63, 3.8) is 0 Å². The van der Waals surface area contributed by atoms with E-state index in [2.05, 4.69) is 5.32 Å². The van der Waals surface area contributed by atoms with Crippen LogP contribution in [0.3, 0.4) is 0 Å². The van der Waals surface area contributed by atoms with E-state index >= 15 is 0 Å². The summed E-state index contributed by atoms with van der Waals surface area (Å²) in [6.45, 7) is 6.75. The van der Waals surface area contributed by atoms with Gasteiger partial charge in [-0.1, -0.05) is 11.6 Å². The maximum atomic E-state index is 12.1. The Balaban J connectivity index is 1.67. The number of aryl methyl sites for hydroxylation is 1. The molecule has 1 heterocycles. The first kappa shape index (κ1) is 19.2. The molecular formula is C17H24ClN3O4. The largest absolute Gasteiger partial charge is 0.491 e. The molecule has 0 saturated carbocycles. The van der Waals surface area contributed by atoms with Gasteiger partial charge in [-0.15, -0.1) is 0 Å². The van der Waals surface area contributed by atoms with Crippen molar-refractivity contribution >= 4 is 23.7 Å². The van der Waals surface area contributed by atoms with E-state index in [1.165, 1.54) is 0 Å². The van der Waals surface area contributed by atoms with Crippen molar-refractivity contribution in [2.75, 3.05) is 45.9 Å². The number of hydrogen-bond acceptors (Lipinski definition) is 4. The molecule has 2 rings (SSSR count). The Morgan fingerprint density at radius 1 is 1.20 bits per heavy atom. The van der Waals surface area contributed by atoms with Crippen molar-refractivity contribution in [2.24, 2.45) is 0 Å². The van der Waals surface area contributed by atoms with Gasteiger partial charge in [0.25, 0.3) is 0 Å². The summed E-state index contributed by atoms with van der Waals surface area (Å²) >= 11 is 5.90. The van der Waals surface area contributed by atoms with Crippen LogP contribution in [0.2, 0.25) is 5.02 Å². The predicted octanol–water partition coefficient (Wildman–Crippen LogP) is 2.51. The van der Waals surface area contributed by atoms with Gasteiger partial charge in [-0.05, 0) is 37.6 Å². The van der Waals surface area contributed by atoms with Crippen LogP contribution in [0.4, 0.5) is 9.59 Å². The average Bonchev–Trinajstić information content (AvgIpc) is 2.60. The quantitative estimate of drug-likeness (QED) is 0.809. The van der Waals surface area contributed by atoms with Gasteiger partial charge in [0.15, 0.2) is 0 Å². The zero-order valence-electron chi connectivity index (χ0n) is 14.6. The summed E-state index contributed by atoms with van der Waals surface area (Å²) in [7, 11) is 0. The minimum absolute atomic E-state index is 0.153. The normalized spacial score (nSPS) is 14.2. The number of rotatable bonds is 5. The first-order valence-electron chi connectivity index (χ1n) is 8.34. The predicted molar refractivity (Wildman–Crippen MR) is 95.3 cm³/mol. The van der Waals surface area contributed by atoms with Crippen molar-refractivity contribution in [1.82, 2.24) is 15.1 Å². The molecule has 0 unspecified atom stereocenters. The standard InChI is InChI=1S/C17H24ClN3O4/c1-3-24-17(23)21-9-7-20(8-10-21)16(22)19-6-11-25-15-5-4-14(18)12-13(15)2/h4-5,12H,3,6-11H2,1-2H3,(H,19,22). The molecule has 0 radical (unpaired) electrons. The van der Waals surface area contributed by atoms with Gasteiger partial charge in [0.05, 0.1) is 13.2 Å². The van der Waals surface area contributed by atoms with Crippen LogP contribution in [0.1, 0.15) is 12.5 Å². The number of halogens is 1. The zero-order chi connectivity index (χ0) is 18.2. The highest BCUT2D eigenvalue weighted by molar-refractivity contribution is 6.30. The summed E-state index contributed by atoms with van der Waals surface area (Å²) < 4.78 is 10.6. The highest BCUT2D eigenvalue weighted by Gasteiger charge is 2.24. The summed E-state index contributed by atoms with van der Waals surface area (Å²) in [5.41, 5.74) is 0.953. The van der Waals surface area contributed by atoms with Gasteiger partial charge in [-0.2, -0.15) is 0 Å². The van der Waals surface area contributed by atoms with E-state index in [1.54, 1.807) is 22.8 Å². The Bertz CT molecular complexity index is 604. The van der Waals surface area contributed by atoms with E-state index in [0.717, 1.165) is 11.3 Å². The summed E-state index contributed by atoms with van der Waals surface area (Å²) in [6, 6.07) is 5.26. The first-order valence-corrected chi connectivity index (χ1v) is 8.72. The minimum atomic E-state index is -0.325. The third-order valence-corrected chi connectivity index (χ3v) is 4.10. The monoisotopic (exact) mass is 369 g/mol. The molecule has 0 spiro atoms. The second-order valence-corrected chi connectivity index (χ2v) is 6.10. The van der Waals surface area contributed by atoms with Crippen LogP contribution in [-0.2, 0) is 4.74 Å². The van der Waals surface area contributed by atoms with E-state index in [9.17, 15) is 9.59 Å². The van der Waals surface area contributed by atoms with E-state index in [1.807, 2.05) is 19.1 Å². The number of nitrogens with one attached hydrogen (secondary N) is 1. The zero-order valence-corrected chi connectivity index (χ0v) is 15.3. The molecule has 8 heteroatoms. The molecule has 0 atom stereocenters. The molecule has 1 aliphatic heterocycles. The maximum Gasteiger partial charge on any atom is 0.409 e. The number of nitrogens with zero attached hydrogens (tertiary/aromatic N) is 2. The third kappa shape index (κ3) is 5.70. The lowest BCUT2D eigenvalue weighted by molar-refractivity contribution is 0.0851. The minimum Gasteiger partial charge on any atom is -0.491 e. The number of hydrogen-bond donors (Lipinski definition) is 1. The maximum absolute atomic E-state index is 12.1. The Hall–Kier alpha value is -2.15. The van der Waals surface area contributed by atoms with E-state index in [-0.39, 0.29) is 12.1 Å². The van der Waals surface area contributed by atoms with Gasteiger partial charge in [0.2, 0.25) is 0 Å². The van der Waals surface area contributed by atoms with Crippen LogP contribution in [-0.4, -0.2) is 67.9 Å². The molecular weight excluding hydrogens is 346 g/mol. The Morgan fingerprint density at radius 2 is 1.88 bits per heavy atom. The molecule has 1 saturated heterocycles. The fourth-order valence-electron chi connectivity index (χ4n) is 2.51. The van der Waals surface area contributed by atoms with Crippen LogP contribution in [0, 0.1) is 6.92 Å². The molecule has 1 fully saturated rings. The topological polar surface area (TPSA) is 71.1 Å². The molecule has 1 N–H and O–H groups in total. The fourth-order valence-corrected chi connectivity index (χ4v) is 2.74. The highest BCUT2D eigenvalue weighted by Crippen LogP contribution is 2.21. The van der Waals surface area contributed by atoms with E-state index in [0.29, 0.717) is 51.0 Å². The summed E-state index contributed by atoms with van der Waals surface area (Å²) in [5, 5.41) is 3.49. The molecule has 3 amide bonds. The lowest BCUT2D eigenvalue weighted by atomic mass is 10.2. The number of piperazine rings is 1. The van der Waals surface area contributed by atoms with Crippen LogP contribution in [0.5, 0.6) is 5.75 Å². The van der Waals surface area contributed by atoms with Crippen molar-refractivity contribution in [2.45, 2.75) is 13.8 Å². The second kappa shape index (κ2) is 9.36. The molecule has 1 aliphatic rings. The first-order chi connectivity index (χ1) is 12.0. The lowest BCUT2D eigenvalue weighted by Crippen LogP contribution is -2.53. The number of carbonyl (C=O) groups excluding carboxylic acids is 2. The summed E-state index contributed by atoms with van der Waals surface area (Å²) in [5.74, 6) is 0.752. The van der Waals surface area contributed by atoms with Crippen molar-refractivity contribution in [3.8, 4) is 5.75 Å². The van der Waals surface area contributed by atoms with Crippen LogP contribution < -0.4 is 10.1 Å². The lowest BCUT2D eigenvalue weighted by Gasteiger charge is -2.34. The molecule has 7 nitrogen and oxygen atoms in total. The van der Waals surface area contributed by atoms with E-state index in [4.69, 9.17) is 21.1 Å². The molecule has 1 aromatic carbocycles. The summed E-state index contributed by atoms with van der Waals surface area (Å²) in [4.78, 5) is 27.1. The van der Waals surface area contributed by atoms with Gasteiger partial charge in [-0.3, -0.25) is 0 Å². The van der Waals surface area contributed by atoms with Crippen molar-refractivity contribution in [1.29, 1.82) is 0 Å². The average molecular weight is 370 g/mol. The molecule has 0 aliphatic carbocycles. The number of urea groups is 1. The van der Waals surface area contributed by atoms with Gasteiger partial charge in [-0.25, -0.2) is 9.59 Å². The molecule has 25 heavy (non-hydrogen) atoms. The summed E-state index contributed by atoms with van der Waals surface area (Å²) in [6.07, 6.45) is -0.325. The Morgan fingerprint density at radius 3 is 2.52 bits per heavy atom. The highest BCUT2D eigenvalue weighted by atomic mass is 35.5. The van der Waals surface area contributed by atoms with Crippen molar-refractivity contribution in [3.05, 3.63) is 28.8 Å². The van der Waals surface area contributed by atoms with Gasteiger partial charge in [0.1, 0.15) is 12.4 Å². The molecule has 138 valence electrons. The van der Waals surface area contributed by atoms with Crippen LogP contribution in [0.15, 0.2) is 18.2 Å². The van der Waals surface area contributed by atoms with Crippen LogP contribution in [0.25, 0.3) is 0 Å². The third-order valence-electron chi connectivity index (χ3n) is 3.87. The number of carbonyl (C=O) groups is 2. The second-order valence-electron chi connectivity index (χ2n) is 5.66. The Labute approximate surface area is 152 Å². The number of amides is 3. The fraction of sp³-hybridized carbons (Fsp3) is 0.529. The Kier molecular flexibility index (Phi) is 7.18. The van der Waals surface area contributed by atoms with E-state index < -0.39 is 0 Å². The molecule has 0 aromatic heterocycles. The smallest absolute Gasteiger partial charge is 0.409 e. The SMILES string of the molecule is CCOC(=O)N1CCN(C(=O)NCCOc2ccc(Cl)cc2C)CC1.